The third-order valence-electron chi connectivity index (χ3n) is 3.24. The molecule has 0 fully saturated rings. The molecule has 4 heteroatoms. The minimum Gasteiger partial charge on any atom is -0.506 e. The number of nitrogens with one attached hydrogen (secondary N) is 1. The van der Waals surface area contributed by atoms with Crippen LogP contribution in [0, 0.1) is 11.3 Å². The molecule has 0 aliphatic heterocycles. The third kappa shape index (κ3) is 4.85. The highest BCUT2D eigenvalue weighted by atomic mass is 16.3. The topological polar surface area (TPSA) is 75.3 Å². The Balaban J connectivity index is 2.83. The number of amides is 1. The van der Waals surface area contributed by atoms with Gasteiger partial charge in [-0.15, -0.1) is 0 Å². The van der Waals surface area contributed by atoms with Crippen molar-refractivity contribution in [2.45, 2.75) is 40.5 Å². The van der Waals surface area contributed by atoms with Gasteiger partial charge in [-0.1, -0.05) is 33.8 Å². The number of benzene rings is 1. The van der Waals surface area contributed by atoms with Gasteiger partial charge in [-0.25, -0.2) is 0 Å². The van der Waals surface area contributed by atoms with Crippen LogP contribution in [0.4, 0.5) is 5.69 Å². The summed E-state index contributed by atoms with van der Waals surface area (Å²) in [5.74, 6) is -0.298. The zero-order valence-electron chi connectivity index (χ0n) is 12.9. The Morgan fingerprint density at radius 1 is 1.40 bits per heavy atom. The molecule has 4 nitrogen and oxygen atoms in total. The molecule has 0 aliphatic rings. The SMILES string of the molecule is CCc1ccc(O)c(NC(=O)C(CN)CC(C)(C)C)c1. The van der Waals surface area contributed by atoms with Crippen LogP contribution in [0.15, 0.2) is 18.2 Å². The van der Waals surface area contributed by atoms with E-state index in [1.807, 2.05) is 13.0 Å². The van der Waals surface area contributed by atoms with Gasteiger partial charge in [0.2, 0.25) is 5.91 Å². The summed E-state index contributed by atoms with van der Waals surface area (Å²) in [5, 5.41) is 12.6. The van der Waals surface area contributed by atoms with Crippen LogP contribution in [0.2, 0.25) is 0 Å². The predicted molar refractivity (Wildman–Crippen MR) is 82.7 cm³/mol. The first kappa shape index (κ1) is 16.5. The molecule has 1 unspecified atom stereocenters. The minimum atomic E-state index is -0.250. The summed E-state index contributed by atoms with van der Waals surface area (Å²) < 4.78 is 0. The summed E-state index contributed by atoms with van der Waals surface area (Å²) in [6.45, 7) is 8.58. The fraction of sp³-hybridized carbons (Fsp3) is 0.562. The van der Waals surface area contributed by atoms with E-state index in [2.05, 4.69) is 26.1 Å². The number of carbonyl (C=O) groups is 1. The fourth-order valence-electron chi connectivity index (χ4n) is 2.16. The normalized spacial score (nSPS) is 13.1. The van der Waals surface area contributed by atoms with E-state index in [4.69, 9.17) is 5.73 Å². The van der Waals surface area contributed by atoms with E-state index >= 15 is 0 Å². The molecule has 0 saturated heterocycles. The standard InChI is InChI=1S/C16H26N2O2/c1-5-11-6-7-14(19)13(8-11)18-15(20)12(10-17)9-16(2,3)4/h6-8,12,19H,5,9-10,17H2,1-4H3,(H,18,20). The predicted octanol–water partition coefficient (Wildman–Crippen LogP) is 2.90. The molecule has 1 aromatic carbocycles. The molecule has 0 heterocycles. The van der Waals surface area contributed by atoms with Gasteiger partial charge in [-0.2, -0.15) is 0 Å². The second-order valence-electron chi connectivity index (χ2n) is 6.39. The number of phenols is 1. The second-order valence-corrected chi connectivity index (χ2v) is 6.39. The number of phenolic OH excluding ortho intramolecular Hbond substituents is 1. The number of nitrogens with two attached hydrogens (primary N) is 1. The van der Waals surface area contributed by atoms with Crippen LogP contribution in [-0.2, 0) is 11.2 Å². The average Bonchev–Trinajstić information content (AvgIpc) is 2.37. The molecule has 20 heavy (non-hydrogen) atoms. The van der Waals surface area contributed by atoms with Crippen molar-refractivity contribution in [2.75, 3.05) is 11.9 Å². The van der Waals surface area contributed by atoms with Gasteiger partial charge in [-0.3, -0.25) is 4.79 Å². The number of carbonyl (C=O) groups excluding carboxylic acids is 1. The average molecular weight is 278 g/mol. The molecule has 1 rings (SSSR count). The van der Waals surface area contributed by atoms with Gasteiger partial charge < -0.3 is 16.2 Å². The Morgan fingerprint density at radius 3 is 2.55 bits per heavy atom. The first-order chi connectivity index (χ1) is 9.26. The van der Waals surface area contributed by atoms with Crippen LogP contribution in [0.1, 0.15) is 39.7 Å². The molecule has 1 aromatic rings. The van der Waals surface area contributed by atoms with Crippen molar-refractivity contribution in [3.05, 3.63) is 23.8 Å². The van der Waals surface area contributed by atoms with Crippen LogP contribution in [0.25, 0.3) is 0 Å². The van der Waals surface area contributed by atoms with E-state index in [1.165, 1.54) is 0 Å². The zero-order valence-corrected chi connectivity index (χ0v) is 12.9. The van der Waals surface area contributed by atoms with Crippen molar-refractivity contribution in [1.29, 1.82) is 0 Å². The van der Waals surface area contributed by atoms with Gasteiger partial charge in [0.05, 0.1) is 11.6 Å². The van der Waals surface area contributed by atoms with Gasteiger partial charge >= 0.3 is 0 Å². The van der Waals surface area contributed by atoms with Gasteiger partial charge in [0.25, 0.3) is 0 Å². The smallest absolute Gasteiger partial charge is 0.228 e. The highest BCUT2D eigenvalue weighted by Crippen LogP contribution is 2.28. The number of aryl methyl sites for hydroxylation is 1. The summed E-state index contributed by atoms with van der Waals surface area (Å²) in [7, 11) is 0. The Morgan fingerprint density at radius 2 is 2.05 bits per heavy atom. The summed E-state index contributed by atoms with van der Waals surface area (Å²) in [6.07, 6.45) is 1.56. The number of aromatic hydroxyl groups is 1. The van der Waals surface area contributed by atoms with Crippen LogP contribution in [0.5, 0.6) is 5.75 Å². The summed E-state index contributed by atoms with van der Waals surface area (Å²) >= 11 is 0. The molecule has 0 aliphatic carbocycles. The lowest BCUT2D eigenvalue weighted by Crippen LogP contribution is -2.32. The Hall–Kier alpha value is -1.55. The quantitative estimate of drug-likeness (QED) is 0.725. The molecular formula is C16H26N2O2. The minimum absolute atomic E-state index is 0.0364. The van der Waals surface area contributed by atoms with Crippen LogP contribution >= 0.6 is 0 Å². The first-order valence-corrected chi connectivity index (χ1v) is 7.09. The van der Waals surface area contributed by atoms with E-state index in [9.17, 15) is 9.90 Å². The summed E-state index contributed by atoms with van der Waals surface area (Å²) in [5.41, 5.74) is 7.27. The molecular weight excluding hydrogens is 252 g/mol. The maximum Gasteiger partial charge on any atom is 0.228 e. The van der Waals surface area contributed by atoms with Gasteiger partial charge in [0, 0.05) is 6.54 Å². The molecule has 1 atom stereocenters. The largest absolute Gasteiger partial charge is 0.506 e. The van der Waals surface area contributed by atoms with Gasteiger partial charge in [-0.05, 0) is 36.0 Å². The van der Waals surface area contributed by atoms with Crippen molar-refractivity contribution >= 4 is 11.6 Å². The van der Waals surface area contributed by atoms with Crippen molar-refractivity contribution in [3.63, 3.8) is 0 Å². The Labute approximate surface area is 121 Å². The molecule has 0 bridgehead atoms. The molecule has 0 saturated carbocycles. The van der Waals surface area contributed by atoms with Gasteiger partial charge in [0.15, 0.2) is 0 Å². The second kappa shape index (κ2) is 6.75. The highest BCUT2D eigenvalue weighted by molar-refractivity contribution is 5.94. The Bertz CT molecular complexity index is 464. The molecule has 112 valence electrons. The van der Waals surface area contributed by atoms with Gasteiger partial charge in [0.1, 0.15) is 5.75 Å². The number of anilines is 1. The van der Waals surface area contributed by atoms with E-state index in [-0.39, 0.29) is 23.0 Å². The third-order valence-corrected chi connectivity index (χ3v) is 3.24. The van der Waals surface area contributed by atoms with E-state index in [0.29, 0.717) is 18.7 Å². The first-order valence-electron chi connectivity index (χ1n) is 7.09. The fourth-order valence-corrected chi connectivity index (χ4v) is 2.16. The van der Waals surface area contributed by atoms with E-state index in [0.717, 1.165) is 12.0 Å². The van der Waals surface area contributed by atoms with Crippen LogP contribution in [-0.4, -0.2) is 17.6 Å². The lowest BCUT2D eigenvalue weighted by Gasteiger charge is -2.24. The van der Waals surface area contributed by atoms with E-state index < -0.39 is 0 Å². The molecule has 4 N–H and O–H groups in total. The number of hydrogen-bond donors (Lipinski definition) is 3. The maximum absolute atomic E-state index is 12.3. The summed E-state index contributed by atoms with van der Waals surface area (Å²) in [6, 6.07) is 5.26. The van der Waals surface area contributed by atoms with E-state index in [1.54, 1.807) is 12.1 Å². The molecule has 0 radical (unpaired) electrons. The van der Waals surface area contributed by atoms with Crippen molar-refractivity contribution in [2.24, 2.45) is 17.1 Å². The molecule has 0 spiro atoms. The lowest BCUT2D eigenvalue weighted by molar-refractivity contribution is -0.120. The Kier molecular flexibility index (Phi) is 5.57. The number of hydrogen-bond acceptors (Lipinski definition) is 3. The lowest BCUT2D eigenvalue weighted by atomic mass is 9.84. The monoisotopic (exact) mass is 278 g/mol. The van der Waals surface area contributed by atoms with Crippen LogP contribution in [0.3, 0.4) is 0 Å². The van der Waals surface area contributed by atoms with Crippen LogP contribution < -0.4 is 11.1 Å². The summed E-state index contributed by atoms with van der Waals surface area (Å²) in [4.78, 5) is 12.3. The molecule has 0 aromatic heterocycles. The van der Waals surface area contributed by atoms with Crippen molar-refractivity contribution in [1.82, 2.24) is 0 Å². The maximum atomic E-state index is 12.3. The van der Waals surface area contributed by atoms with Crippen molar-refractivity contribution < 1.29 is 9.90 Å². The zero-order chi connectivity index (χ0) is 15.3. The molecule has 1 amide bonds. The highest BCUT2D eigenvalue weighted by Gasteiger charge is 2.24. The number of rotatable bonds is 5. The van der Waals surface area contributed by atoms with Crippen molar-refractivity contribution in [3.8, 4) is 5.75 Å².